The molecule has 1 saturated carbocycles. The van der Waals surface area contributed by atoms with Crippen molar-refractivity contribution in [3.63, 3.8) is 0 Å². The average Bonchev–Trinajstić information content (AvgIpc) is 3.31. The number of hydrogen-bond donors (Lipinski definition) is 2. The van der Waals surface area contributed by atoms with Crippen LogP contribution in [0.4, 0.5) is 5.82 Å². The van der Waals surface area contributed by atoms with E-state index in [1.165, 1.54) is 0 Å². The third-order valence-electron chi connectivity index (χ3n) is 3.86. The van der Waals surface area contributed by atoms with Gasteiger partial charge in [-0.2, -0.15) is 0 Å². The molecule has 22 heavy (non-hydrogen) atoms. The summed E-state index contributed by atoms with van der Waals surface area (Å²) in [5.74, 6) is 0.252. The second-order valence-corrected chi connectivity index (χ2v) is 6.23. The Hall–Kier alpha value is -1.85. The molecule has 2 aromatic rings. The molecule has 0 saturated heterocycles. The van der Waals surface area contributed by atoms with Gasteiger partial charge >= 0.3 is 0 Å². The number of hydrogen-bond acceptors (Lipinski definition) is 4. The predicted molar refractivity (Wildman–Crippen MR) is 86.3 cm³/mol. The van der Waals surface area contributed by atoms with Crippen LogP contribution in [-0.4, -0.2) is 21.2 Å². The average molecular weight is 320 g/mol. The molecule has 0 amide bonds. The van der Waals surface area contributed by atoms with E-state index in [9.17, 15) is 9.90 Å². The monoisotopic (exact) mass is 319 g/mol. The van der Waals surface area contributed by atoms with E-state index in [1.807, 2.05) is 12.1 Å². The van der Waals surface area contributed by atoms with Crippen molar-refractivity contribution in [2.75, 3.05) is 11.9 Å². The molecular weight excluding hydrogens is 302 g/mol. The van der Waals surface area contributed by atoms with Gasteiger partial charge in [0.25, 0.3) is 5.56 Å². The number of benzene rings is 1. The number of rotatable bonds is 5. The van der Waals surface area contributed by atoms with Crippen LogP contribution < -0.4 is 10.9 Å². The van der Waals surface area contributed by atoms with Crippen LogP contribution in [0.1, 0.15) is 31.4 Å². The smallest absolute Gasteiger partial charge is 0.293 e. The van der Waals surface area contributed by atoms with Crippen LogP contribution in [0.15, 0.2) is 41.5 Å². The molecule has 0 bridgehead atoms. The van der Waals surface area contributed by atoms with Crippen molar-refractivity contribution in [3.05, 3.63) is 57.6 Å². The Balaban J connectivity index is 1.79. The summed E-state index contributed by atoms with van der Waals surface area (Å²) in [6.45, 7) is 1.80. The van der Waals surface area contributed by atoms with E-state index < -0.39 is 5.60 Å². The number of nitrogens with one attached hydrogen (secondary N) is 1. The van der Waals surface area contributed by atoms with Crippen molar-refractivity contribution in [2.24, 2.45) is 0 Å². The highest BCUT2D eigenvalue weighted by Gasteiger charge is 2.28. The first-order valence-electron chi connectivity index (χ1n) is 7.27. The Morgan fingerprint density at radius 2 is 2.18 bits per heavy atom. The highest BCUT2D eigenvalue weighted by Crippen LogP contribution is 2.33. The summed E-state index contributed by atoms with van der Waals surface area (Å²) < 4.78 is 1.69. The summed E-state index contributed by atoms with van der Waals surface area (Å²) in [4.78, 5) is 16.4. The third-order valence-corrected chi connectivity index (χ3v) is 4.19. The second kappa shape index (κ2) is 5.74. The lowest BCUT2D eigenvalue weighted by atomic mass is 9.96. The first-order valence-corrected chi connectivity index (χ1v) is 7.65. The zero-order valence-corrected chi connectivity index (χ0v) is 13.0. The zero-order chi connectivity index (χ0) is 15.7. The molecule has 6 heteroatoms. The molecule has 1 aliphatic carbocycles. The van der Waals surface area contributed by atoms with Gasteiger partial charge in [-0.15, -0.1) is 0 Å². The molecule has 0 aliphatic heterocycles. The summed E-state index contributed by atoms with van der Waals surface area (Å²) >= 11 is 6.13. The van der Waals surface area contributed by atoms with Crippen molar-refractivity contribution >= 4 is 17.4 Å². The van der Waals surface area contributed by atoms with Crippen molar-refractivity contribution in [2.45, 2.75) is 31.4 Å². The van der Waals surface area contributed by atoms with Gasteiger partial charge in [0.2, 0.25) is 0 Å². The molecule has 1 unspecified atom stereocenters. The molecule has 1 atom stereocenters. The standard InChI is InChI=1S/C16H18ClN3O2/c1-16(22,12-4-2-3-5-13(12)17)10-19-14-15(21)20(9-8-18-14)11-6-7-11/h2-5,8-9,11,22H,6-7,10H2,1H3,(H,18,19). The van der Waals surface area contributed by atoms with Gasteiger partial charge in [0, 0.05) is 35.6 Å². The molecule has 1 heterocycles. The summed E-state index contributed by atoms with van der Waals surface area (Å²) in [5, 5.41) is 14.1. The maximum absolute atomic E-state index is 12.3. The van der Waals surface area contributed by atoms with Crippen molar-refractivity contribution in [1.29, 1.82) is 0 Å². The summed E-state index contributed by atoms with van der Waals surface area (Å²) in [6.07, 6.45) is 5.37. The number of halogens is 1. The van der Waals surface area contributed by atoms with Crippen LogP contribution >= 0.6 is 11.6 Å². The molecule has 1 aliphatic rings. The fourth-order valence-corrected chi connectivity index (χ4v) is 2.77. The topological polar surface area (TPSA) is 67.2 Å². The van der Waals surface area contributed by atoms with E-state index in [-0.39, 0.29) is 17.9 Å². The molecule has 5 nitrogen and oxygen atoms in total. The quantitative estimate of drug-likeness (QED) is 0.889. The number of nitrogens with zero attached hydrogens (tertiary/aromatic N) is 2. The maximum Gasteiger partial charge on any atom is 0.293 e. The van der Waals surface area contributed by atoms with Gasteiger partial charge in [-0.05, 0) is 25.8 Å². The lowest BCUT2D eigenvalue weighted by molar-refractivity contribution is 0.0715. The fraction of sp³-hybridized carbons (Fsp3) is 0.375. The van der Waals surface area contributed by atoms with E-state index in [0.29, 0.717) is 16.6 Å². The molecule has 2 N–H and O–H groups in total. The molecule has 0 radical (unpaired) electrons. The Kier molecular flexibility index (Phi) is 3.93. The van der Waals surface area contributed by atoms with Gasteiger partial charge in [0.05, 0.1) is 0 Å². The first-order chi connectivity index (χ1) is 10.5. The lowest BCUT2D eigenvalue weighted by Gasteiger charge is -2.25. The molecule has 3 rings (SSSR count). The first kappa shape index (κ1) is 15.1. The molecular formula is C16H18ClN3O2. The van der Waals surface area contributed by atoms with Gasteiger partial charge in [-0.25, -0.2) is 4.98 Å². The Morgan fingerprint density at radius 3 is 2.86 bits per heavy atom. The third kappa shape index (κ3) is 3.00. The lowest BCUT2D eigenvalue weighted by Crippen LogP contribution is -2.34. The van der Waals surface area contributed by atoms with Gasteiger partial charge in [0.15, 0.2) is 5.82 Å². The largest absolute Gasteiger partial charge is 0.384 e. The number of aliphatic hydroxyl groups is 1. The SMILES string of the molecule is CC(O)(CNc1nccn(C2CC2)c1=O)c1ccccc1Cl. The number of anilines is 1. The Labute approximate surface area is 133 Å². The minimum Gasteiger partial charge on any atom is -0.384 e. The molecule has 1 aromatic carbocycles. The molecule has 1 aromatic heterocycles. The van der Waals surface area contributed by atoms with Gasteiger partial charge < -0.3 is 15.0 Å². The summed E-state index contributed by atoms with van der Waals surface area (Å²) in [5.41, 5.74) is -0.741. The van der Waals surface area contributed by atoms with Crippen molar-refractivity contribution < 1.29 is 5.11 Å². The van der Waals surface area contributed by atoms with E-state index in [2.05, 4.69) is 10.3 Å². The van der Waals surface area contributed by atoms with E-state index in [1.54, 1.807) is 36.0 Å². The minimum atomic E-state index is -1.20. The number of aromatic nitrogens is 2. The van der Waals surface area contributed by atoms with Crippen LogP contribution in [0.25, 0.3) is 0 Å². The van der Waals surface area contributed by atoms with Crippen LogP contribution in [0.5, 0.6) is 0 Å². The van der Waals surface area contributed by atoms with E-state index in [4.69, 9.17) is 11.6 Å². The van der Waals surface area contributed by atoms with Crippen LogP contribution in [0.3, 0.4) is 0 Å². The van der Waals surface area contributed by atoms with Gasteiger partial charge in [-0.1, -0.05) is 29.8 Å². The fourth-order valence-electron chi connectivity index (χ4n) is 2.44. The zero-order valence-electron chi connectivity index (χ0n) is 12.3. The Bertz CT molecular complexity index is 738. The summed E-state index contributed by atoms with van der Waals surface area (Å²) in [7, 11) is 0. The van der Waals surface area contributed by atoms with E-state index in [0.717, 1.165) is 12.8 Å². The minimum absolute atomic E-state index is 0.146. The summed E-state index contributed by atoms with van der Waals surface area (Å²) in [6, 6.07) is 7.41. The Morgan fingerprint density at radius 1 is 1.45 bits per heavy atom. The molecule has 1 fully saturated rings. The highest BCUT2D eigenvalue weighted by atomic mass is 35.5. The highest BCUT2D eigenvalue weighted by molar-refractivity contribution is 6.31. The molecule has 116 valence electrons. The van der Waals surface area contributed by atoms with E-state index >= 15 is 0 Å². The van der Waals surface area contributed by atoms with Gasteiger partial charge in [0.1, 0.15) is 5.60 Å². The van der Waals surface area contributed by atoms with Crippen LogP contribution in [0, 0.1) is 0 Å². The van der Waals surface area contributed by atoms with Crippen LogP contribution in [0.2, 0.25) is 5.02 Å². The second-order valence-electron chi connectivity index (χ2n) is 5.83. The van der Waals surface area contributed by atoms with Gasteiger partial charge in [-0.3, -0.25) is 4.79 Å². The predicted octanol–water partition coefficient (Wildman–Crippen LogP) is 2.55. The normalized spacial score (nSPS) is 17.0. The maximum atomic E-state index is 12.3. The van der Waals surface area contributed by atoms with Crippen molar-refractivity contribution in [1.82, 2.24) is 9.55 Å². The van der Waals surface area contributed by atoms with Crippen LogP contribution in [-0.2, 0) is 5.60 Å². The van der Waals surface area contributed by atoms with Crippen molar-refractivity contribution in [3.8, 4) is 0 Å². The molecule has 0 spiro atoms.